The monoisotopic (exact) mass is 306 g/mol. The van der Waals surface area contributed by atoms with E-state index in [9.17, 15) is 4.79 Å². The lowest BCUT2D eigenvalue weighted by molar-refractivity contribution is -0.127. The Morgan fingerprint density at radius 2 is 2.18 bits per heavy atom. The van der Waals surface area contributed by atoms with Crippen LogP contribution in [0.1, 0.15) is 51.2 Å². The van der Waals surface area contributed by atoms with E-state index >= 15 is 0 Å². The van der Waals surface area contributed by atoms with Crippen LogP contribution in [0, 0.1) is 0 Å². The van der Waals surface area contributed by atoms with Crippen molar-refractivity contribution in [1.29, 1.82) is 0 Å². The molecule has 2 aliphatic rings. The van der Waals surface area contributed by atoms with E-state index in [2.05, 4.69) is 28.9 Å². The summed E-state index contributed by atoms with van der Waals surface area (Å²) in [6.45, 7) is 9.18. The number of carbonyl (C=O) groups excluding carboxylic acids is 1. The zero-order valence-corrected chi connectivity index (χ0v) is 13.7. The fourth-order valence-electron chi connectivity index (χ4n) is 3.57. The highest BCUT2D eigenvalue weighted by Gasteiger charge is 2.37. The molecule has 1 atom stereocenters. The van der Waals surface area contributed by atoms with Crippen molar-refractivity contribution in [3.05, 3.63) is 11.7 Å². The van der Waals surface area contributed by atoms with E-state index in [0.717, 1.165) is 50.7 Å². The predicted octanol–water partition coefficient (Wildman–Crippen LogP) is 1.61. The van der Waals surface area contributed by atoms with E-state index in [-0.39, 0.29) is 11.3 Å². The summed E-state index contributed by atoms with van der Waals surface area (Å²) in [5.74, 6) is 1.74. The van der Waals surface area contributed by atoms with Crippen LogP contribution in [0.4, 0.5) is 0 Å². The van der Waals surface area contributed by atoms with Gasteiger partial charge < -0.3 is 14.3 Å². The minimum Gasteiger partial charge on any atom is -0.342 e. The van der Waals surface area contributed by atoms with Gasteiger partial charge in [0.2, 0.25) is 11.8 Å². The Morgan fingerprint density at radius 3 is 2.91 bits per heavy atom. The lowest BCUT2D eigenvalue weighted by Crippen LogP contribution is -2.44. The number of hydrogen-bond donors (Lipinski definition) is 0. The molecule has 2 saturated heterocycles. The lowest BCUT2D eigenvalue weighted by Gasteiger charge is -2.37. The fraction of sp³-hybridized carbons (Fsp3) is 0.812. The third kappa shape index (κ3) is 3.16. The molecule has 0 unspecified atom stereocenters. The number of aromatic nitrogens is 2. The Labute approximate surface area is 131 Å². The van der Waals surface area contributed by atoms with Crippen molar-refractivity contribution in [2.75, 3.05) is 32.7 Å². The van der Waals surface area contributed by atoms with Crippen LogP contribution in [0.5, 0.6) is 0 Å². The molecule has 22 heavy (non-hydrogen) atoms. The largest absolute Gasteiger partial charge is 0.342 e. The molecule has 3 rings (SSSR count). The van der Waals surface area contributed by atoms with Crippen molar-refractivity contribution in [2.45, 2.75) is 51.4 Å². The highest BCUT2D eigenvalue weighted by molar-refractivity contribution is 5.78. The van der Waals surface area contributed by atoms with Crippen molar-refractivity contribution >= 4 is 5.91 Å². The van der Waals surface area contributed by atoms with Crippen LogP contribution in [0.2, 0.25) is 0 Å². The van der Waals surface area contributed by atoms with Crippen molar-refractivity contribution in [2.24, 2.45) is 0 Å². The molecule has 1 aromatic rings. The molecule has 2 fully saturated rings. The van der Waals surface area contributed by atoms with Gasteiger partial charge in [-0.3, -0.25) is 4.79 Å². The van der Waals surface area contributed by atoms with Gasteiger partial charge in [0.1, 0.15) is 0 Å². The van der Waals surface area contributed by atoms with Gasteiger partial charge >= 0.3 is 0 Å². The number of hydrogen-bond acceptors (Lipinski definition) is 5. The second kappa shape index (κ2) is 6.36. The molecular formula is C16H26N4O2. The summed E-state index contributed by atoms with van der Waals surface area (Å²) in [6.07, 6.45) is 4.60. The Morgan fingerprint density at radius 1 is 1.32 bits per heavy atom. The van der Waals surface area contributed by atoms with Crippen molar-refractivity contribution in [3.63, 3.8) is 0 Å². The Hall–Kier alpha value is -1.43. The molecule has 0 N–H and O–H groups in total. The van der Waals surface area contributed by atoms with Crippen molar-refractivity contribution in [3.8, 4) is 0 Å². The number of piperidine rings is 1. The van der Waals surface area contributed by atoms with E-state index in [1.807, 2.05) is 4.90 Å². The van der Waals surface area contributed by atoms with Gasteiger partial charge in [0.15, 0.2) is 5.82 Å². The molecule has 3 heterocycles. The highest BCUT2D eigenvalue weighted by Crippen LogP contribution is 2.32. The second-order valence-electron chi connectivity index (χ2n) is 6.78. The van der Waals surface area contributed by atoms with Crippen LogP contribution in [0.3, 0.4) is 0 Å². The highest BCUT2D eigenvalue weighted by atomic mass is 16.5. The first-order chi connectivity index (χ1) is 10.6. The Kier molecular flexibility index (Phi) is 4.47. The van der Waals surface area contributed by atoms with E-state index in [4.69, 9.17) is 4.52 Å². The Balaban J connectivity index is 1.61. The van der Waals surface area contributed by atoms with Gasteiger partial charge in [0.05, 0.1) is 5.41 Å². The first kappa shape index (κ1) is 15.5. The molecule has 0 aromatic carbocycles. The average molecular weight is 306 g/mol. The molecule has 0 saturated carbocycles. The number of rotatable bonds is 5. The lowest BCUT2D eigenvalue weighted by atomic mass is 9.81. The van der Waals surface area contributed by atoms with E-state index < -0.39 is 0 Å². The SMILES string of the molecule is CCN1CCC[C@](C)(c2nc(CCN3CCCC3=O)no2)C1. The normalized spacial score (nSPS) is 26.8. The van der Waals surface area contributed by atoms with Crippen LogP contribution in [-0.2, 0) is 16.6 Å². The number of likely N-dealkylation sites (tertiary alicyclic amines) is 2. The van der Waals surface area contributed by atoms with E-state index in [1.54, 1.807) is 0 Å². The number of amides is 1. The van der Waals surface area contributed by atoms with Crippen LogP contribution in [-0.4, -0.2) is 58.6 Å². The summed E-state index contributed by atoms with van der Waals surface area (Å²) < 4.78 is 5.55. The van der Waals surface area contributed by atoms with Gasteiger partial charge in [-0.15, -0.1) is 0 Å². The number of likely N-dealkylation sites (N-methyl/N-ethyl adjacent to an activating group) is 1. The molecule has 0 bridgehead atoms. The summed E-state index contributed by atoms with van der Waals surface area (Å²) in [4.78, 5) is 20.6. The van der Waals surface area contributed by atoms with E-state index in [0.29, 0.717) is 19.4 Å². The summed E-state index contributed by atoms with van der Waals surface area (Å²) >= 11 is 0. The Bertz CT molecular complexity index is 530. The zero-order chi connectivity index (χ0) is 15.6. The molecule has 122 valence electrons. The van der Waals surface area contributed by atoms with Gasteiger partial charge in [-0.05, 0) is 39.3 Å². The van der Waals surface area contributed by atoms with Crippen LogP contribution in [0.15, 0.2) is 4.52 Å². The third-order valence-corrected chi connectivity index (χ3v) is 4.98. The fourth-order valence-corrected chi connectivity index (χ4v) is 3.57. The number of carbonyl (C=O) groups is 1. The molecule has 1 aromatic heterocycles. The smallest absolute Gasteiger partial charge is 0.233 e. The summed E-state index contributed by atoms with van der Waals surface area (Å²) in [7, 11) is 0. The maximum atomic E-state index is 11.6. The molecule has 6 heteroatoms. The second-order valence-corrected chi connectivity index (χ2v) is 6.78. The molecule has 0 radical (unpaired) electrons. The van der Waals surface area contributed by atoms with Gasteiger partial charge in [0, 0.05) is 32.5 Å². The predicted molar refractivity (Wildman–Crippen MR) is 82.5 cm³/mol. The summed E-state index contributed by atoms with van der Waals surface area (Å²) in [6, 6.07) is 0. The van der Waals surface area contributed by atoms with Gasteiger partial charge in [-0.1, -0.05) is 12.1 Å². The van der Waals surface area contributed by atoms with E-state index in [1.165, 1.54) is 6.42 Å². The molecule has 0 aliphatic carbocycles. The van der Waals surface area contributed by atoms with Crippen LogP contribution >= 0.6 is 0 Å². The summed E-state index contributed by atoms with van der Waals surface area (Å²) in [5, 5.41) is 4.13. The van der Waals surface area contributed by atoms with Crippen LogP contribution < -0.4 is 0 Å². The van der Waals surface area contributed by atoms with Crippen LogP contribution in [0.25, 0.3) is 0 Å². The summed E-state index contributed by atoms with van der Waals surface area (Å²) in [5.41, 5.74) is -0.0387. The van der Waals surface area contributed by atoms with Gasteiger partial charge in [-0.25, -0.2) is 0 Å². The minimum atomic E-state index is -0.0387. The first-order valence-electron chi connectivity index (χ1n) is 8.44. The zero-order valence-electron chi connectivity index (χ0n) is 13.7. The van der Waals surface area contributed by atoms with Gasteiger partial charge in [-0.2, -0.15) is 4.98 Å². The average Bonchev–Trinajstić information content (AvgIpc) is 3.14. The van der Waals surface area contributed by atoms with Crippen molar-refractivity contribution < 1.29 is 9.32 Å². The quantitative estimate of drug-likeness (QED) is 0.827. The topological polar surface area (TPSA) is 62.5 Å². The molecular weight excluding hydrogens is 280 g/mol. The number of nitrogens with zero attached hydrogens (tertiary/aromatic N) is 4. The maximum absolute atomic E-state index is 11.6. The minimum absolute atomic E-state index is 0.0387. The maximum Gasteiger partial charge on any atom is 0.233 e. The molecule has 1 amide bonds. The molecule has 2 aliphatic heterocycles. The third-order valence-electron chi connectivity index (χ3n) is 4.98. The van der Waals surface area contributed by atoms with Crippen molar-refractivity contribution in [1.82, 2.24) is 19.9 Å². The first-order valence-corrected chi connectivity index (χ1v) is 8.44. The molecule has 0 spiro atoms. The standard InChI is InChI=1S/C16H26N4O2/c1-3-19-9-5-8-16(2,12-19)15-17-13(18-22-15)7-11-20-10-4-6-14(20)21/h3-12H2,1-2H3/t16-/m0/s1. The molecule has 6 nitrogen and oxygen atoms in total. The van der Waals surface area contributed by atoms with Gasteiger partial charge in [0.25, 0.3) is 0 Å².